The molecule has 0 bridgehead atoms. The Morgan fingerprint density at radius 2 is 2.50 bits per heavy atom. The van der Waals surface area contributed by atoms with Crippen molar-refractivity contribution in [1.29, 1.82) is 0 Å². The minimum atomic E-state index is -0.472. The fourth-order valence-corrected chi connectivity index (χ4v) is 2.31. The second-order valence-electron chi connectivity index (χ2n) is 2.65. The Balaban J connectivity index is 2.48. The average molecular weight is 189 g/mol. The van der Waals surface area contributed by atoms with Crippen molar-refractivity contribution < 1.29 is 14.3 Å². The van der Waals surface area contributed by atoms with E-state index in [0.29, 0.717) is 18.8 Å². The maximum Gasteiger partial charge on any atom is 0.317 e. The van der Waals surface area contributed by atoms with E-state index in [2.05, 4.69) is 0 Å². The summed E-state index contributed by atoms with van der Waals surface area (Å²) in [5.74, 6) is 0.786. The number of hydrogen-bond donors (Lipinski definition) is 1. The number of esters is 1. The lowest BCUT2D eigenvalue weighted by atomic mass is 10.0. The van der Waals surface area contributed by atoms with Crippen LogP contribution in [0.15, 0.2) is 0 Å². The largest absolute Gasteiger partial charge is 0.465 e. The number of ketones is 1. The second-order valence-corrected chi connectivity index (χ2v) is 3.91. The van der Waals surface area contributed by atoms with E-state index in [1.807, 2.05) is 0 Å². The van der Waals surface area contributed by atoms with Crippen LogP contribution in [0.5, 0.6) is 0 Å². The van der Waals surface area contributed by atoms with Gasteiger partial charge in [-0.15, -0.1) is 0 Å². The molecule has 0 spiro atoms. The van der Waals surface area contributed by atoms with E-state index in [-0.39, 0.29) is 11.8 Å². The van der Waals surface area contributed by atoms with Crippen molar-refractivity contribution in [2.45, 2.75) is 13.3 Å². The molecule has 12 heavy (non-hydrogen) atoms. The molecule has 0 N–H and O–H groups in total. The first-order valence-corrected chi connectivity index (χ1v) is 5.34. The van der Waals surface area contributed by atoms with Gasteiger partial charge >= 0.3 is 5.97 Å². The van der Waals surface area contributed by atoms with Gasteiger partial charge in [0.25, 0.3) is 0 Å². The highest BCUT2D eigenvalue weighted by molar-refractivity contribution is 7.99. The number of Topliss-reactive ketones (excluding diaryl/α,β-unsaturated/α-hetero) is 1. The molecule has 0 amide bonds. The summed E-state index contributed by atoms with van der Waals surface area (Å²) in [5.41, 5.74) is 0. The predicted octanol–water partition coefficient (Wildman–Crippen LogP) is 0.604. The van der Waals surface area contributed by atoms with Gasteiger partial charge in [0.05, 0.1) is 6.61 Å². The van der Waals surface area contributed by atoms with Crippen molar-refractivity contribution in [2.24, 2.45) is 5.92 Å². The third kappa shape index (κ3) is 2.24. The minimum Gasteiger partial charge on any atom is -0.465 e. The Morgan fingerprint density at radius 3 is 3.08 bits per heavy atom. The van der Waals surface area contributed by atoms with Crippen molar-refractivity contribution in [1.82, 2.24) is 0 Å². The molecule has 0 saturated carbocycles. The van der Waals surface area contributed by atoms with Gasteiger partial charge in [0.1, 0.15) is 11.7 Å². The molecule has 0 aliphatic carbocycles. The zero-order valence-corrected chi connectivity index (χ0v) is 7.97. The third-order valence-corrected chi connectivity index (χ3v) is 2.95. The third-order valence-electron chi connectivity index (χ3n) is 1.79. The molecular formula is C8H13O3S. The molecule has 1 radical (unpaired) electrons. The topological polar surface area (TPSA) is 43.4 Å². The molecule has 1 aliphatic heterocycles. The Morgan fingerprint density at radius 1 is 1.75 bits per heavy atom. The summed E-state index contributed by atoms with van der Waals surface area (Å²) in [6, 6.07) is 0. The van der Waals surface area contributed by atoms with E-state index in [4.69, 9.17) is 4.74 Å². The maximum absolute atomic E-state index is 11.2. The van der Waals surface area contributed by atoms with Gasteiger partial charge in [-0.1, -0.05) is 0 Å². The van der Waals surface area contributed by atoms with Crippen LogP contribution >= 0.6 is 11.8 Å². The summed E-state index contributed by atoms with van der Waals surface area (Å²) < 4.78 is 4.79. The minimum absolute atomic E-state index is 0.0483. The second kappa shape index (κ2) is 4.50. The summed E-state index contributed by atoms with van der Waals surface area (Å²) in [5, 5.41) is 0. The molecule has 0 aromatic heterocycles. The van der Waals surface area contributed by atoms with E-state index in [9.17, 15) is 9.59 Å². The van der Waals surface area contributed by atoms with Gasteiger partial charge < -0.3 is 4.74 Å². The standard InChI is InChI=1S/C8H13O3S/c1-2-11-8(10)6-5-12-4-3-7(6)9/h6,12H,2-5H2,1H3. The molecule has 1 rings (SSSR count). The van der Waals surface area contributed by atoms with Gasteiger partial charge in [0.15, 0.2) is 0 Å². The molecule has 1 saturated heterocycles. The summed E-state index contributed by atoms with van der Waals surface area (Å²) in [7, 11) is 0. The van der Waals surface area contributed by atoms with Crippen LogP contribution in [0.2, 0.25) is 0 Å². The average Bonchev–Trinajstić information content (AvgIpc) is 2.05. The SMILES string of the molecule is CCOC(=O)C1C[SH]CCC1=O. The van der Waals surface area contributed by atoms with Crippen LogP contribution in [0.1, 0.15) is 13.3 Å². The molecule has 1 unspecified atom stereocenters. The number of carbonyl (C=O) groups is 2. The van der Waals surface area contributed by atoms with E-state index < -0.39 is 5.92 Å². The van der Waals surface area contributed by atoms with E-state index in [1.165, 1.54) is 11.8 Å². The number of carbonyl (C=O) groups excluding carboxylic acids is 2. The zero-order chi connectivity index (χ0) is 8.97. The van der Waals surface area contributed by atoms with Crippen molar-refractivity contribution >= 4 is 23.5 Å². The Labute approximate surface area is 75.8 Å². The number of hydrogen-bond acceptors (Lipinski definition) is 3. The smallest absolute Gasteiger partial charge is 0.317 e. The predicted molar refractivity (Wildman–Crippen MR) is 48.5 cm³/mol. The molecule has 0 aromatic rings. The summed E-state index contributed by atoms with van der Waals surface area (Å²) in [6.07, 6.45) is 0.533. The Kier molecular flexibility index (Phi) is 3.59. The number of ether oxygens (including phenoxy) is 1. The zero-order valence-electron chi connectivity index (χ0n) is 7.08. The molecular weight excluding hydrogens is 176 g/mol. The molecule has 4 heteroatoms. The first-order chi connectivity index (χ1) is 5.75. The number of rotatable bonds is 2. The molecule has 1 heterocycles. The highest BCUT2D eigenvalue weighted by atomic mass is 32.2. The van der Waals surface area contributed by atoms with Crippen molar-refractivity contribution in [3.8, 4) is 0 Å². The van der Waals surface area contributed by atoms with E-state index in [1.54, 1.807) is 6.92 Å². The molecule has 1 atom stereocenters. The fourth-order valence-electron chi connectivity index (χ4n) is 1.13. The lowest BCUT2D eigenvalue weighted by molar-refractivity contribution is -0.150. The van der Waals surface area contributed by atoms with Crippen LogP contribution in [0.4, 0.5) is 0 Å². The summed E-state index contributed by atoms with van der Waals surface area (Å²) in [6.45, 7) is 2.11. The normalized spacial score (nSPS) is 23.8. The number of thiol groups is 1. The van der Waals surface area contributed by atoms with Gasteiger partial charge in [-0.2, -0.15) is 0 Å². The van der Waals surface area contributed by atoms with E-state index >= 15 is 0 Å². The first kappa shape index (κ1) is 9.58. The van der Waals surface area contributed by atoms with E-state index in [0.717, 1.165) is 5.75 Å². The molecule has 69 valence electrons. The molecule has 3 nitrogen and oxygen atoms in total. The summed E-state index contributed by atoms with van der Waals surface area (Å²) >= 11 is 1.19. The Bertz CT molecular complexity index is 191. The van der Waals surface area contributed by atoms with Gasteiger partial charge in [-0.25, -0.2) is 11.8 Å². The van der Waals surface area contributed by atoms with Crippen molar-refractivity contribution in [3.05, 3.63) is 0 Å². The van der Waals surface area contributed by atoms with Crippen LogP contribution in [-0.4, -0.2) is 29.9 Å². The van der Waals surface area contributed by atoms with Crippen molar-refractivity contribution in [3.63, 3.8) is 0 Å². The van der Waals surface area contributed by atoms with Crippen LogP contribution in [0.25, 0.3) is 0 Å². The highest BCUT2D eigenvalue weighted by Crippen LogP contribution is 2.20. The lowest BCUT2D eigenvalue weighted by Gasteiger charge is -2.18. The molecule has 1 fully saturated rings. The van der Waals surface area contributed by atoms with Crippen LogP contribution in [-0.2, 0) is 14.3 Å². The first-order valence-electron chi connectivity index (χ1n) is 4.08. The van der Waals surface area contributed by atoms with Gasteiger partial charge in [0.2, 0.25) is 0 Å². The van der Waals surface area contributed by atoms with Gasteiger partial charge in [-0.05, 0) is 12.7 Å². The monoisotopic (exact) mass is 189 g/mol. The molecule has 0 aromatic carbocycles. The van der Waals surface area contributed by atoms with Crippen LogP contribution in [0.3, 0.4) is 0 Å². The van der Waals surface area contributed by atoms with Crippen LogP contribution in [0, 0.1) is 5.92 Å². The highest BCUT2D eigenvalue weighted by Gasteiger charge is 2.29. The maximum atomic E-state index is 11.2. The Hall–Kier alpha value is -0.510. The fraction of sp³-hybridized carbons (Fsp3) is 0.750. The van der Waals surface area contributed by atoms with Gasteiger partial charge in [-0.3, -0.25) is 9.59 Å². The van der Waals surface area contributed by atoms with Crippen molar-refractivity contribution in [2.75, 3.05) is 18.1 Å². The van der Waals surface area contributed by atoms with Crippen LogP contribution < -0.4 is 0 Å². The molecule has 1 aliphatic rings. The quantitative estimate of drug-likeness (QED) is 0.393. The lowest BCUT2D eigenvalue weighted by Crippen LogP contribution is -2.31. The summed E-state index contributed by atoms with van der Waals surface area (Å²) in [4.78, 5) is 22.4. The van der Waals surface area contributed by atoms with Gasteiger partial charge in [0, 0.05) is 12.2 Å².